The average Bonchev–Trinajstić information content (AvgIpc) is 2.87. The van der Waals surface area contributed by atoms with Crippen molar-refractivity contribution < 1.29 is 14.6 Å². The SMILES string of the molecule is Cc1cc(NC(=O)C2Cc3ccccc3O2)ccc1O. The van der Waals surface area contributed by atoms with Crippen molar-refractivity contribution in [3.05, 3.63) is 53.6 Å². The molecule has 1 atom stereocenters. The Morgan fingerprint density at radius 1 is 1.30 bits per heavy atom. The fourth-order valence-electron chi connectivity index (χ4n) is 2.28. The van der Waals surface area contributed by atoms with Gasteiger partial charge < -0.3 is 15.2 Å². The van der Waals surface area contributed by atoms with Crippen LogP contribution in [0.5, 0.6) is 11.5 Å². The van der Waals surface area contributed by atoms with E-state index in [2.05, 4.69) is 5.32 Å². The van der Waals surface area contributed by atoms with Crippen LogP contribution in [0.25, 0.3) is 0 Å². The van der Waals surface area contributed by atoms with Gasteiger partial charge in [0, 0.05) is 12.1 Å². The smallest absolute Gasteiger partial charge is 0.265 e. The van der Waals surface area contributed by atoms with Crippen LogP contribution in [0.4, 0.5) is 5.69 Å². The van der Waals surface area contributed by atoms with Crippen molar-refractivity contribution in [2.75, 3.05) is 5.32 Å². The molecule has 0 spiro atoms. The zero-order chi connectivity index (χ0) is 14.1. The monoisotopic (exact) mass is 269 g/mol. The van der Waals surface area contributed by atoms with Gasteiger partial charge in [-0.25, -0.2) is 0 Å². The first-order valence-corrected chi connectivity index (χ1v) is 6.48. The van der Waals surface area contributed by atoms with Crippen molar-refractivity contribution in [3.63, 3.8) is 0 Å². The Kier molecular flexibility index (Phi) is 3.06. The summed E-state index contributed by atoms with van der Waals surface area (Å²) in [5, 5.41) is 12.3. The van der Waals surface area contributed by atoms with E-state index in [1.807, 2.05) is 24.3 Å². The second kappa shape index (κ2) is 4.89. The number of carbonyl (C=O) groups is 1. The summed E-state index contributed by atoms with van der Waals surface area (Å²) in [5.74, 6) is 0.813. The fraction of sp³-hybridized carbons (Fsp3) is 0.188. The Hall–Kier alpha value is -2.49. The number of rotatable bonds is 2. The topological polar surface area (TPSA) is 58.6 Å². The van der Waals surface area contributed by atoms with E-state index in [0.717, 1.165) is 16.9 Å². The summed E-state index contributed by atoms with van der Waals surface area (Å²) in [5.41, 5.74) is 2.43. The molecule has 0 saturated carbocycles. The second-order valence-corrected chi connectivity index (χ2v) is 4.91. The Morgan fingerprint density at radius 2 is 2.10 bits per heavy atom. The molecule has 0 fully saturated rings. The molecule has 0 radical (unpaired) electrons. The van der Waals surface area contributed by atoms with Gasteiger partial charge in [-0.1, -0.05) is 18.2 Å². The van der Waals surface area contributed by atoms with Gasteiger partial charge in [-0.15, -0.1) is 0 Å². The number of ether oxygens (including phenoxy) is 1. The molecule has 20 heavy (non-hydrogen) atoms. The molecule has 2 aromatic carbocycles. The summed E-state index contributed by atoms with van der Waals surface area (Å²) in [6, 6.07) is 12.6. The molecule has 4 nitrogen and oxygen atoms in total. The molecule has 0 saturated heterocycles. The van der Waals surface area contributed by atoms with Crippen LogP contribution in [-0.2, 0) is 11.2 Å². The molecular weight excluding hydrogens is 254 g/mol. The molecule has 3 rings (SSSR count). The maximum atomic E-state index is 12.2. The maximum Gasteiger partial charge on any atom is 0.265 e. The van der Waals surface area contributed by atoms with Crippen molar-refractivity contribution in [1.29, 1.82) is 0 Å². The highest BCUT2D eigenvalue weighted by molar-refractivity contribution is 5.95. The van der Waals surface area contributed by atoms with Gasteiger partial charge in [0.1, 0.15) is 11.5 Å². The average molecular weight is 269 g/mol. The van der Waals surface area contributed by atoms with Crippen LogP contribution in [0, 0.1) is 6.92 Å². The number of phenolic OH excluding ortho intramolecular Hbond substituents is 1. The van der Waals surface area contributed by atoms with E-state index in [9.17, 15) is 9.90 Å². The van der Waals surface area contributed by atoms with Gasteiger partial charge in [-0.05, 0) is 42.3 Å². The van der Waals surface area contributed by atoms with Gasteiger partial charge >= 0.3 is 0 Å². The van der Waals surface area contributed by atoms with Gasteiger partial charge in [-0.3, -0.25) is 4.79 Å². The van der Waals surface area contributed by atoms with Crippen molar-refractivity contribution in [2.24, 2.45) is 0 Å². The molecule has 1 amide bonds. The second-order valence-electron chi connectivity index (χ2n) is 4.91. The lowest BCUT2D eigenvalue weighted by Crippen LogP contribution is -2.31. The number of aryl methyl sites for hydroxylation is 1. The lowest BCUT2D eigenvalue weighted by molar-refractivity contribution is -0.122. The molecule has 0 aromatic heterocycles. The molecule has 2 aromatic rings. The predicted octanol–water partition coefficient (Wildman–Crippen LogP) is 2.64. The highest BCUT2D eigenvalue weighted by Crippen LogP contribution is 2.29. The lowest BCUT2D eigenvalue weighted by atomic mass is 10.1. The number of amides is 1. The molecule has 4 heteroatoms. The normalized spacial score (nSPS) is 16.4. The summed E-state index contributed by atoms with van der Waals surface area (Å²) >= 11 is 0. The van der Waals surface area contributed by atoms with Gasteiger partial charge in [0.25, 0.3) is 5.91 Å². The van der Waals surface area contributed by atoms with Crippen LogP contribution in [0.2, 0.25) is 0 Å². The molecule has 102 valence electrons. The van der Waals surface area contributed by atoms with Crippen molar-refractivity contribution in [3.8, 4) is 11.5 Å². The number of nitrogens with one attached hydrogen (secondary N) is 1. The predicted molar refractivity (Wildman–Crippen MR) is 76.0 cm³/mol. The van der Waals surface area contributed by atoms with E-state index in [1.165, 1.54) is 0 Å². The zero-order valence-corrected chi connectivity index (χ0v) is 11.1. The van der Waals surface area contributed by atoms with Gasteiger partial charge in [0.15, 0.2) is 6.10 Å². The minimum atomic E-state index is -0.499. The number of hydrogen-bond acceptors (Lipinski definition) is 3. The third-order valence-corrected chi connectivity index (χ3v) is 3.40. The zero-order valence-electron chi connectivity index (χ0n) is 11.1. The van der Waals surface area contributed by atoms with Crippen molar-refractivity contribution in [2.45, 2.75) is 19.4 Å². The molecule has 0 bridgehead atoms. The molecule has 1 aliphatic heterocycles. The van der Waals surface area contributed by atoms with Gasteiger partial charge in [0.2, 0.25) is 0 Å². The van der Waals surface area contributed by atoms with Gasteiger partial charge in [-0.2, -0.15) is 0 Å². The molecule has 0 aliphatic carbocycles. The summed E-state index contributed by atoms with van der Waals surface area (Å²) in [6.07, 6.45) is 0.0838. The highest BCUT2D eigenvalue weighted by Gasteiger charge is 2.28. The Bertz CT molecular complexity index is 642. The number of phenols is 1. The molecule has 1 unspecified atom stereocenters. The number of fused-ring (bicyclic) bond motifs is 1. The van der Waals surface area contributed by atoms with E-state index >= 15 is 0 Å². The molecule has 1 aliphatic rings. The van der Waals surface area contributed by atoms with Gasteiger partial charge in [0.05, 0.1) is 0 Å². The largest absolute Gasteiger partial charge is 0.508 e. The lowest BCUT2D eigenvalue weighted by Gasteiger charge is -2.12. The third-order valence-electron chi connectivity index (χ3n) is 3.40. The fourth-order valence-corrected chi connectivity index (χ4v) is 2.28. The summed E-state index contributed by atoms with van der Waals surface area (Å²) in [6.45, 7) is 1.78. The molecular formula is C16H15NO3. The van der Waals surface area contributed by atoms with Crippen molar-refractivity contribution >= 4 is 11.6 Å². The quantitative estimate of drug-likeness (QED) is 0.824. The van der Waals surface area contributed by atoms with Crippen LogP contribution >= 0.6 is 0 Å². The van der Waals surface area contributed by atoms with E-state index in [0.29, 0.717) is 12.1 Å². The van der Waals surface area contributed by atoms with Crippen molar-refractivity contribution in [1.82, 2.24) is 0 Å². The third kappa shape index (κ3) is 2.32. The van der Waals surface area contributed by atoms with Crippen LogP contribution in [0.15, 0.2) is 42.5 Å². The number of aromatic hydroxyl groups is 1. The first kappa shape index (κ1) is 12.5. The minimum Gasteiger partial charge on any atom is -0.508 e. The Balaban J connectivity index is 1.71. The maximum absolute atomic E-state index is 12.2. The summed E-state index contributed by atoms with van der Waals surface area (Å²) < 4.78 is 5.63. The van der Waals surface area contributed by atoms with E-state index in [1.54, 1.807) is 25.1 Å². The number of anilines is 1. The standard InChI is InChI=1S/C16H15NO3/c1-10-8-12(6-7-13(10)18)17-16(19)15-9-11-4-2-3-5-14(11)20-15/h2-8,15,18H,9H2,1H3,(H,17,19). The number of para-hydroxylation sites is 1. The minimum absolute atomic E-state index is 0.175. The first-order chi connectivity index (χ1) is 9.63. The van der Waals surface area contributed by atoms with E-state index < -0.39 is 6.10 Å². The number of hydrogen-bond donors (Lipinski definition) is 2. The molecule has 2 N–H and O–H groups in total. The van der Waals surface area contributed by atoms with Crippen LogP contribution in [0.3, 0.4) is 0 Å². The Morgan fingerprint density at radius 3 is 2.85 bits per heavy atom. The first-order valence-electron chi connectivity index (χ1n) is 6.48. The summed E-state index contributed by atoms with van der Waals surface area (Å²) in [4.78, 5) is 12.2. The Labute approximate surface area is 117 Å². The highest BCUT2D eigenvalue weighted by atomic mass is 16.5. The van der Waals surface area contributed by atoms with Crippen LogP contribution < -0.4 is 10.1 Å². The van der Waals surface area contributed by atoms with Crippen LogP contribution in [-0.4, -0.2) is 17.1 Å². The van der Waals surface area contributed by atoms with E-state index in [4.69, 9.17) is 4.74 Å². The summed E-state index contributed by atoms with van der Waals surface area (Å²) in [7, 11) is 0. The van der Waals surface area contributed by atoms with E-state index in [-0.39, 0.29) is 11.7 Å². The molecule has 1 heterocycles. The number of benzene rings is 2. The number of carbonyl (C=O) groups excluding carboxylic acids is 1. The van der Waals surface area contributed by atoms with Crippen LogP contribution in [0.1, 0.15) is 11.1 Å².